The van der Waals surface area contributed by atoms with Crippen molar-refractivity contribution in [2.45, 2.75) is 19.9 Å². The number of hydrogen-bond donors (Lipinski definition) is 1. The Kier molecular flexibility index (Phi) is 2.37. The molecule has 1 N–H and O–H groups in total. The Morgan fingerprint density at radius 3 is 2.93 bits per heavy atom. The van der Waals surface area contributed by atoms with Gasteiger partial charge in [-0.1, -0.05) is 11.3 Å². The molecule has 1 heterocycles. The number of fused-ring (bicyclic) bond motifs is 1. The minimum atomic E-state index is -0.237. The van der Waals surface area contributed by atoms with Crippen molar-refractivity contribution in [3.8, 4) is 0 Å². The van der Waals surface area contributed by atoms with E-state index >= 15 is 0 Å². The van der Waals surface area contributed by atoms with Gasteiger partial charge in [-0.15, -0.1) is 0 Å². The van der Waals surface area contributed by atoms with Crippen LogP contribution < -0.4 is 5.32 Å². The Hall–Kier alpha value is -1.16. The Bertz CT molecular complexity index is 450. The van der Waals surface area contributed by atoms with Crippen LogP contribution in [0, 0.1) is 5.82 Å². The summed E-state index contributed by atoms with van der Waals surface area (Å²) >= 11 is 1.55. The SMILES string of the molecule is CC(C)Nc1nc2cc(F)ccc2s1. The van der Waals surface area contributed by atoms with Crippen LogP contribution in [0.4, 0.5) is 9.52 Å². The minimum Gasteiger partial charge on any atom is -0.359 e. The average molecular weight is 210 g/mol. The molecule has 2 aromatic rings. The van der Waals surface area contributed by atoms with Gasteiger partial charge < -0.3 is 5.32 Å². The van der Waals surface area contributed by atoms with Crippen LogP contribution in [0.1, 0.15) is 13.8 Å². The van der Waals surface area contributed by atoms with Gasteiger partial charge in [0.25, 0.3) is 0 Å². The number of aromatic nitrogens is 1. The number of nitrogens with zero attached hydrogens (tertiary/aromatic N) is 1. The second-order valence-corrected chi connectivity index (χ2v) is 4.46. The molecule has 1 aromatic heterocycles. The fraction of sp³-hybridized carbons (Fsp3) is 0.300. The van der Waals surface area contributed by atoms with Crippen molar-refractivity contribution < 1.29 is 4.39 Å². The first-order valence-electron chi connectivity index (χ1n) is 4.48. The molecule has 0 aliphatic carbocycles. The third-order valence-electron chi connectivity index (χ3n) is 1.76. The molecular formula is C10H11FN2S. The van der Waals surface area contributed by atoms with Crippen LogP contribution >= 0.6 is 11.3 Å². The van der Waals surface area contributed by atoms with E-state index in [1.165, 1.54) is 12.1 Å². The van der Waals surface area contributed by atoms with Crippen LogP contribution in [-0.2, 0) is 0 Å². The van der Waals surface area contributed by atoms with Crippen LogP contribution in [0.25, 0.3) is 10.2 Å². The highest BCUT2D eigenvalue weighted by molar-refractivity contribution is 7.22. The first-order chi connectivity index (χ1) is 6.65. The van der Waals surface area contributed by atoms with Gasteiger partial charge in [0.2, 0.25) is 0 Å². The van der Waals surface area contributed by atoms with E-state index in [-0.39, 0.29) is 5.82 Å². The van der Waals surface area contributed by atoms with E-state index in [1.54, 1.807) is 17.4 Å². The molecule has 0 spiro atoms. The number of thiazole rings is 1. The monoisotopic (exact) mass is 210 g/mol. The lowest BCUT2D eigenvalue weighted by molar-refractivity contribution is 0.629. The number of rotatable bonds is 2. The Morgan fingerprint density at radius 2 is 2.21 bits per heavy atom. The Balaban J connectivity index is 2.41. The van der Waals surface area contributed by atoms with Gasteiger partial charge in [0.1, 0.15) is 5.82 Å². The maximum atomic E-state index is 12.9. The quantitative estimate of drug-likeness (QED) is 0.823. The first-order valence-corrected chi connectivity index (χ1v) is 5.29. The molecule has 0 amide bonds. The standard InChI is InChI=1S/C10H11FN2S/c1-6(2)12-10-13-8-5-7(11)3-4-9(8)14-10/h3-6H,1-2H3,(H,12,13). The molecule has 0 saturated carbocycles. The molecule has 74 valence electrons. The van der Waals surface area contributed by atoms with Gasteiger partial charge in [-0.3, -0.25) is 0 Å². The number of hydrogen-bond acceptors (Lipinski definition) is 3. The molecule has 0 atom stereocenters. The highest BCUT2D eigenvalue weighted by Gasteiger charge is 2.04. The van der Waals surface area contributed by atoms with Gasteiger partial charge in [0, 0.05) is 12.1 Å². The summed E-state index contributed by atoms with van der Waals surface area (Å²) in [6, 6.07) is 5.02. The topological polar surface area (TPSA) is 24.9 Å². The summed E-state index contributed by atoms with van der Waals surface area (Å²) in [4.78, 5) is 4.28. The molecule has 0 aliphatic rings. The highest BCUT2D eigenvalue weighted by Crippen LogP contribution is 2.26. The van der Waals surface area contributed by atoms with Crippen molar-refractivity contribution in [1.82, 2.24) is 4.98 Å². The summed E-state index contributed by atoms with van der Waals surface area (Å²) in [5.41, 5.74) is 0.721. The molecule has 0 unspecified atom stereocenters. The van der Waals surface area contributed by atoms with Gasteiger partial charge in [0.05, 0.1) is 10.2 Å². The van der Waals surface area contributed by atoms with Crippen molar-refractivity contribution >= 4 is 26.7 Å². The first kappa shape index (κ1) is 9.40. The predicted octanol–water partition coefficient (Wildman–Crippen LogP) is 3.26. The smallest absolute Gasteiger partial charge is 0.183 e. The summed E-state index contributed by atoms with van der Waals surface area (Å²) in [5, 5.41) is 4.05. The molecule has 0 bridgehead atoms. The van der Waals surface area contributed by atoms with E-state index in [2.05, 4.69) is 10.3 Å². The second-order valence-electron chi connectivity index (χ2n) is 3.43. The lowest BCUT2D eigenvalue weighted by atomic mass is 10.3. The van der Waals surface area contributed by atoms with Crippen molar-refractivity contribution in [3.63, 3.8) is 0 Å². The van der Waals surface area contributed by atoms with Crippen molar-refractivity contribution in [3.05, 3.63) is 24.0 Å². The summed E-state index contributed by atoms with van der Waals surface area (Å²) < 4.78 is 13.9. The van der Waals surface area contributed by atoms with E-state index in [1.807, 2.05) is 13.8 Å². The molecule has 1 aromatic carbocycles. The normalized spacial score (nSPS) is 11.1. The molecule has 0 saturated heterocycles. The molecule has 4 heteroatoms. The number of anilines is 1. The zero-order valence-electron chi connectivity index (χ0n) is 8.04. The molecule has 2 rings (SSSR count). The third-order valence-corrected chi connectivity index (χ3v) is 2.73. The van der Waals surface area contributed by atoms with Gasteiger partial charge in [0.15, 0.2) is 5.13 Å². The minimum absolute atomic E-state index is 0.237. The van der Waals surface area contributed by atoms with Crippen molar-refractivity contribution in [2.75, 3.05) is 5.32 Å². The summed E-state index contributed by atoms with van der Waals surface area (Å²) in [6.07, 6.45) is 0. The highest BCUT2D eigenvalue weighted by atomic mass is 32.1. The largest absolute Gasteiger partial charge is 0.359 e. The number of halogens is 1. The van der Waals surface area contributed by atoms with Crippen LogP contribution in [0.2, 0.25) is 0 Å². The van der Waals surface area contributed by atoms with Crippen LogP contribution in [0.15, 0.2) is 18.2 Å². The number of nitrogens with one attached hydrogen (secondary N) is 1. The fourth-order valence-corrected chi connectivity index (χ4v) is 2.20. The van der Waals surface area contributed by atoms with Crippen LogP contribution in [0.5, 0.6) is 0 Å². The van der Waals surface area contributed by atoms with E-state index in [0.717, 1.165) is 15.3 Å². The lowest BCUT2D eigenvalue weighted by Crippen LogP contribution is -2.08. The van der Waals surface area contributed by atoms with Gasteiger partial charge in [-0.2, -0.15) is 0 Å². The fourth-order valence-electron chi connectivity index (χ4n) is 1.21. The summed E-state index contributed by atoms with van der Waals surface area (Å²) in [5.74, 6) is -0.237. The lowest BCUT2D eigenvalue weighted by Gasteiger charge is -2.03. The van der Waals surface area contributed by atoms with Gasteiger partial charge >= 0.3 is 0 Å². The van der Waals surface area contributed by atoms with Gasteiger partial charge in [-0.25, -0.2) is 9.37 Å². The van der Waals surface area contributed by atoms with E-state index in [9.17, 15) is 4.39 Å². The van der Waals surface area contributed by atoms with Crippen molar-refractivity contribution in [1.29, 1.82) is 0 Å². The maximum Gasteiger partial charge on any atom is 0.183 e. The zero-order chi connectivity index (χ0) is 10.1. The van der Waals surface area contributed by atoms with Crippen LogP contribution in [0.3, 0.4) is 0 Å². The molecule has 2 nitrogen and oxygen atoms in total. The molecule has 14 heavy (non-hydrogen) atoms. The van der Waals surface area contributed by atoms with Crippen LogP contribution in [-0.4, -0.2) is 11.0 Å². The van der Waals surface area contributed by atoms with Crippen molar-refractivity contribution in [2.24, 2.45) is 0 Å². The third kappa shape index (κ3) is 1.85. The van der Waals surface area contributed by atoms with E-state index < -0.39 is 0 Å². The zero-order valence-corrected chi connectivity index (χ0v) is 8.86. The number of benzene rings is 1. The van der Waals surface area contributed by atoms with Gasteiger partial charge in [-0.05, 0) is 26.0 Å². The summed E-state index contributed by atoms with van der Waals surface area (Å²) in [6.45, 7) is 4.10. The average Bonchev–Trinajstić information content (AvgIpc) is 2.44. The summed E-state index contributed by atoms with van der Waals surface area (Å²) in [7, 11) is 0. The Morgan fingerprint density at radius 1 is 1.43 bits per heavy atom. The molecular weight excluding hydrogens is 199 g/mol. The molecule has 0 radical (unpaired) electrons. The molecule has 0 fully saturated rings. The maximum absolute atomic E-state index is 12.9. The van der Waals surface area contributed by atoms with E-state index in [0.29, 0.717) is 6.04 Å². The molecule has 0 aliphatic heterocycles. The predicted molar refractivity (Wildman–Crippen MR) is 58.3 cm³/mol. The Labute approximate surface area is 85.8 Å². The second kappa shape index (κ2) is 3.53. The van der Waals surface area contributed by atoms with E-state index in [4.69, 9.17) is 0 Å².